The van der Waals surface area contributed by atoms with Crippen molar-refractivity contribution in [3.8, 4) is 22.4 Å². The topological polar surface area (TPSA) is 101 Å². The molecule has 1 aliphatic heterocycles. The monoisotopic (exact) mass is 527 g/mol. The Labute approximate surface area is 227 Å². The number of halogens is 1. The maximum atomic E-state index is 14.1. The zero-order valence-corrected chi connectivity index (χ0v) is 22.5. The van der Waals surface area contributed by atoms with Crippen molar-refractivity contribution < 1.29 is 9.59 Å². The maximum Gasteiger partial charge on any atom is 0.267 e. The molecule has 194 valence electrons. The molecule has 5 rings (SSSR count). The van der Waals surface area contributed by atoms with Gasteiger partial charge in [0.2, 0.25) is 0 Å². The summed E-state index contributed by atoms with van der Waals surface area (Å²) in [7, 11) is 1.84. The standard InChI is InChI=1S/C30H30ClN5O2/c1-17-11-20(13-21(31)12-17)24-15-34-25-9-7-19(28-18(2)6-8-26(35-28)29(32)37)14-23(25)27(24)30(38)36(3)16-22-5-4-10-33-22/h6-9,11-15,22,33H,4-5,10,16H2,1-3H3,(H2,32,37)/t22-/m0/s1. The number of carbonyl (C=O) groups is 2. The van der Waals surface area contributed by atoms with Gasteiger partial charge in [-0.3, -0.25) is 14.6 Å². The van der Waals surface area contributed by atoms with Crippen LogP contribution in [0.25, 0.3) is 33.3 Å². The number of aryl methyl sites for hydroxylation is 2. The van der Waals surface area contributed by atoms with Gasteiger partial charge in [0.1, 0.15) is 5.69 Å². The van der Waals surface area contributed by atoms with Gasteiger partial charge in [-0.1, -0.05) is 29.8 Å². The number of rotatable bonds is 6. The molecule has 1 aliphatic rings. The second-order valence-electron chi connectivity index (χ2n) is 10.0. The van der Waals surface area contributed by atoms with Gasteiger partial charge >= 0.3 is 0 Å². The van der Waals surface area contributed by atoms with E-state index in [0.717, 1.165) is 41.6 Å². The SMILES string of the molecule is Cc1cc(Cl)cc(-c2cnc3ccc(-c4nc(C(N)=O)ccc4C)cc3c2C(=O)N(C)C[C@@H]2CCCN2)c1. The molecule has 3 N–H and O–H groups in total. The number of nitrogens with zero attached hydrogens (tertiary/aromatic N) is 3. The van der Waals surface area contributed by atoms with Crippen LogP contribution in [0.1, 0.15) is 44.8 Å². The van der Waals surface area contributed by atoms with Crippen LogP contribution in [-0.2, 0) is 0 Å². The number of hydrogen-bond donors (Lipinski definition) is 2. The van der Waals surface area contributed by atoms with E-state index in [-0.39, 0.29) is 17.6 Å². The molecule has 8 heteroatoms. The molecular weight excluding hydrogens is 498 g/mol. The van der Waals surface area contributed by atoms with Crippen LogP contribution in [0.15, 0.2) is 54.7 Å². The molecule has 1 saturated heterocycles. The van der Waals surface area contributed by atoms with Crippen molar-refractivity contribution in [2.24, 2.45) is 5.73 Å². The third kappa shape index (κ3) is 5.12. The van der Waals surface area contributed by atoms with Crippen molar-refractivity contribution in [1.82, 2.24) is 20.2 Å². The summed E-state index contributed by atoms with van der Waals surface area (Å²) in [6, 6.07) is 15.2. The molecule has 2 aromatic carbocycles. The predicted octanol–water partition coefficient (Wildman–Crippen LogP) is 5.16. The summed E-state index contributed by atoms with van der Waals surface area (Å²) in [6.45, 7) is 5.48. The summed E-state index contributed by atoms with van der Waals surface area (Å²) in [5.74, 6) is -0.684. The summed E-state index contributed by atoms with van der Waals surface area (Å²) >= 11 is 6.42. The highest BCUT2D eigenvalue weighted by atomic mass is 35.5. The Balaban J connectivity index is 1.71. The van der Waals surface area contributed by atoms with Gasteiger partial charge in [-0.2, -0.15) is 0 Å². The maximum absolute atomic E-state index is 14.1. The van der Waals surface area contributed by atoms with Gasteiger partial charge < -0.3 is 16.0 Å². The fourth-order valence-corrected chi connectivity index (χ4v) is 5.45. The number of carbonyl (C=O) groups excluding carboxylic acids is 2. The summed E-state index contributed by atoms with van der Waals surface area (Å²) in [5.41, 5.74) is 11.8. The number of aromatic nitrogens is 2. The van der Waals surface area contributed by atoms with E-state index in [2.05, 4.69) is 10.3 Å². The number of fused-ring (bicyclic) bond motifs is 1. The van der Waals surface area contributed by atoms with E-state index in [1.807, 2.05) is 63.4 Å². The third-order valence-electron chi connectivity index (χ3n) is 7.06. The van der Waals surface area contributed by atoms with Crippen LogP contribution in [-0.4, -0.2) is 52.9 Å². The minimum Gasteiger partial charge on any atom is -0.364 e. The first-order valence-electron chi connectivity index (χ1n) is 12.7. The minimum absolute atomic E-state index is 0.0913. The molecule has 7 nitrogen and oxygen atoms in total. The normalized spacial score (nSPS) is 15.1. The average molecular weight is 528 g/mol. The van der Waals surface area contributed by atoms with Crippen LogP contribution in [0.5, 0.6) is 0 Å². The zero-order chi connectivity index (χ0) is 27.0. The lowest BCUT2D eigenvalue weighted by molar-refractivity contribution is 0.0786. The lowest BCUT2D eigenvalue weighted by Crippen LogP contribution is -2.38. The molecule has 38 heavy (non-hydrogen) atoms. The van der Waals surface area contributed by atoms with Gasteiger partial charge in [-0.05, 0) is 80.3 Å². The van der Waals surface area contributed by atoms with Gasteiger partial charge in [0, 0.05) is 47.4 Å². The summed E-state index contributed by atoms with van der Waals surface area (Å²) < 4.78 is 0. The predicted molar refractivity (Wildman–Crippen MR) is 151 cm³/mol. The third-order valence-corrected chi connectivity index (χ3v) is 7.28. The number of likely N-dealkylation sites (N-methyl/N-ethyl adjacent to an activating group) is 1. The van der Waals surface area contributed by atoms with Crippen molar-refractivity contribution in [3.05, 3.63) is 82.1 Å². The van der Waals surface area contributed by atoms with Gasteiger partial charge in [0.15, 0.2) is 0 Å². The first-order chi connectivity index (χ1) is 18.2. The van der Waals surface area contributed by atoms with Crippen molar-refractivity contribution in [3.63, 3.8) is 0 Å². The fraction of sp³-hybridized carbons (Fsp3) is 0.267. The van der Waals surface area contributed by atoms with Crippen molar-refractivity contribution in [2.45, 2.75) is 32.7 Å². The minimum atomic E-state index is -0.592. The quantitative estimate of drug-likeness (QED) is 0.361. The molecule has 0 radical (unpaired) electrons. The van der Waals surface area contributed by atoms with Crippen LogP contribution < -0.4 is 11.1 Å². The molecular formula is C30H30ClN5O2. The van der Waals surface area contributed by atoms with Crippen LogP contribution in [0.2, 0.25) is 5.02 Å². The smallest absolute Gasteiger partial charge is 0.267 e. The number of pyridine rings is 2. The van der Waals surface area contributed by atoms with Crippen molar-refractivity contribution >= 4 is 34.3 Å². The lowest BCUT2D eigenvalue weighted by Gasteiger charge is -2.24. The molecule has 1 fully saturated rings. The van der Waals surface area contributed by atoms with E-state index >= 15 is 0 Å². The molecule has 2 amide bonds. The second kappa shape index (κ2) is 10.5. The Morgan fingerprint density at radius 2 is 1.92 bits per heavy atom. The number of benzene rings is 2. The average Bonchev–Trinajstić information content (AvgIpc) is 3.40. The highest BCUT2D eigenvalue weighted by molar-refractivity contribution is 6.31. The second-order valence-corrected chi connectivity index (χ2v) is 10.4. The molecule has 0 aliphatic carbocycles. The lowest BCUT2D eigenvalue weighted by atomic mass is 9.94. The summed E-state index contributed by atoms with van der Waals surface area (Å²) in [4.78, 5) is 36.9. The molecule has 0 bridgehead atoms. The summed E-state index contributed by atoms with van der Waals surface area (Å²) in [6.07, 6.45) is 3.90. The molecule has 2 aromatic heterocycles. The van der Waals surface area contributed by atoms with Gasteiger partial charge in [0.25, 0.3) is 11.8 Å². The number of primary amides is 1. The molecule has 0 unspecified atom stereocenters. The van der Waals surface area contributed by atoms with E-state index in [1.54, 1.807) is 17.2 Å². The highest BCUT2D eigenvalue weighted by Crippen LogP contribution is 2.34. The van der Waals surface area contributed by atoms with Gasteiger partial charge in [0.05, 0.1) is 16.8 Å². The van der Waals surface area contributed by atoms with E-state index in [0.29, 0.717) is 39.3 Å². The van der Waals surface area contributed by atoms with E-state index in [1.165, 1.54) is 0 Å². The number of amides is 2. The Kier molecular flexibility index (Phi) is 7.15. The molecule has 0 spiro atoms. The number of nitrogens with two attached hydrogens (primary N) is 1. The Bertz CT molecular complexity index is 1540. The van der Waals surface area contributed by atoms with Gasteiger partial charge in [-0.15, -0.1) is 0 Å². The number of nitrogens with one attached hydrogen (secondary N) is 1. The highest BCUT2D eigenvalue weighted by Gasteiger charge is 2.25. The van der Waals surface area contributed by atoms with E-state index in [4.69, 9.17) is 22.3 Å². The summed E-state index contributed by atoms with van der Waals surface area (Å²) in [5, 5.41) is 4.78. The first kappa shape index (κ1) is 25.8. The van der Waals surface area contributed by atoms with Crippen molar-refractivity contribution in [2.75, 3.05) is 20.1 Å². The Morgan fingerprint density at radius 3 is 2.63 bits per heavy atom. The van der Waals surface area contributed by atoms with Crippen LogP contribution >= 0.6 is 11.6 Å². The van der Waals surface area contributed by atoms with E-state index in [9.17, 15) is 9.59 Å². The van der Waals surface area contributed by atoms with Crippen LogP contribution in [0, 0.1) is 13.8 Å². The van der Waals surface area contributed by atoms with Crippen molar-refractivity contribution in [1.29, 1.82) is 0 Å². The van der Waals surface area contributed by atoms with Gasteiger partial charge in [-0.25, -0.2) is 4.98 Å². The van der Waals surface area contributed by atoms with Crippen LogP contribution in [0.3, 0.4) is 0 Å². The largest absolute Gasteiger partial charge is 0.364 e. The first-order valence-corrected chi connectivity index (χ1v) is 13.1. The molecule has 3 heterocycles. The molecule has 0 saturated carbocycles. The fourth-order valence-electron chi connectivity index (χ4n) is 5.16. The Morgan fingerprint density at radius 1 is 1.11 bits per heavy atom. The molecule has 1 atom stereocenters. The van der Waals surface area contributed by atoms with E-state index < -0.39 is 5.91 Å². The number of hydrogen-bond acceptors (Lipinski definition) is 5. The Hall–Kier alpha value is -3.81. The molecule has 4 aromatic rings. The van der Waals surface area contributed by atoms with Crippen LogP contribution in [0.4, 0.5) is 0 Å². The zero-order valence-electron chi connectivity index (χ0n) is 21.7.